The molecule has 0 aromatic heterocycles. The van der Waals surface area contributed by atoms with Gasteiger partial charge in [0.25, 0.3) is 0 Å². The molecule has 0 aliphatic heterocycles. The van der Waals surface area contributed by atoms with Crippen LogP contribution < -0.4 is 9.80 Å². The Morgan fingerprint density at radius 2 is 0.811 bits per heavy atom. The van der Waals surface area contributed by atoms with Gasteiger partial charge in [-0.25, -0.2) is 0 Å². The lowest BCUT2D eigenvalue weighted by atomic mass is 9.87. The third-order valence-corrected chi connectivity index (χ3v) is 10.6. The fraction of sp³-hybridized carbons (Fsp3) is 0.0980. The van der Waals surface area contributed by atoms with Gasteiger partial charge < -0.3 is 9.80 Å². The van der Waals surface area contributed by atoms with Crippen molar-refractivity contribution in [3.63, 3.8) is 0 Å². The van der Waals surface area contributed by atoms with Crippen molar-refractivity contribution in [1.82, 2.24) is 0 Å². The molecule has 0 fully saturated rings. The molecule has 0 aliphatic carbocycles. The molecule has 0 atom stereocenters. The largest absolute Gasteiger partial charge is 0.310 e. The zero-order valence-electron chi connectivity index (χ0n) is 30.7. The molecule has 0 spiro atoms. The number of nitrogens with zero attached hydrogens (tertiary/aromatic N) is 2. The highest BCUT2D eigenvalue weighted by Crippen LogP contribution is 2.50. The molecule has 9 aromatic rings. The lowest BCUT2D eigenvalue weighted by Crippen LogP contribution is -2.15. The van der Waals surface area contributed by atoms with Crippen LogP contribution in [0.15, 0.2) is 182 Å². The molecule has 0 saturated carbocycles. The molecule has 0 saturated heterocycles. The summed E-state index contributed by atoms with van der Waals surface area (Å²) in [6.07, 6.45) is 0. The minimum atomic E-state index is 0.0547. The summed E-state index contributed by atoms with van der Waals surface area (Å²) >= 11 is 0. The van der Waals surface area contributed by atoms with E-state index >= 15 is 0 Å². The highest BCUT2D eigenvalue weighted by Gasteiger charge is 2.25. The average molecular weight is 683 g/mol. The smallest absolute Gasteiger partial charge is 0.0561 e. The Morgan fingerprint density at radius 1 is 0.377 bits per heavy atom. The highest BCUT2D eigenvalue weighted by molar-refractivity contribution is 6.29. The first-order valence-corrected chi connectivity index (χ1v) is 18.5. The quantitative estimate of drug-likeness (QED) is 0.154. The summed E-state index contributed by atoms with van der Waals surface area (Å²) in [5.74, 6) is 0. The molecule has 0 amide bonds. The lowest BCUT2D eigenvalue weighted by Gasteiger charge is -2.32. The van der Waals surface area contributed by atoms with Crippen molar-refractivity contribution in [2.75, 3.05) is 9.80 Å². The van der Waals surface area contributed by atoms with E-state index in [-0.39, 0.29) is 5.41 Å². The molecule has 0 bridgehead atoms. The van der Waals surface area contributed by atoms with Crippen LogP contribution in [-0.2, 0) is 5.41 Å². The SMILES string of the molecule is Cc1ccc(N(c2ccccc2)c2cc(N(c3ccccc3)c3ccc(C(C)(C)C)cc3)c3ccc4cc(-c5ccccc5)cc5ccc2c3c54)cc1. The molecular formula is C51H42N2. The second-order valence-corrected chi connectivity index (χ2v) is 15.2. The molecular weight excluding hydrogens is 641 g/mol. The van der Waals surface area contributed by atoms with Gasteiger partial charge in [0, 0.05) is 38.9 Å². The molecule has 0 unspecified atom stereocenters. The van der Waals surface area contributed by atoms with Crippen molar-refractivity contribution in [3.8, 4) is 11.1 Å². The maximum absolute atomic E-state index is 2.44. The van der Waals surface area contributed by atoms with Gasteiger partial charge in [0.15, 0.2) is 0 Å². The summed E-state index contributed by atoms with van der Waals surface area (Å²) in [7, 11) is 0. The van der Waals surface area contributed by atoms with Crippen LogP contribution in [0.1, 0.15) is 31.9 Å². The third-order valence-electron chi connectivity index (χ3n) is 10.6. The maximum atomic E-state index is 2.44. The summed E-state index contributed by atoms with van der Waals surface area (Å²) in [5, 5.41) is 7.47. The first kappa shape index (κ1) is 32.5. The Kier molecular flexibility index (Phi) is 7.97. The number of aryl methyl sites for hydroxylation is 1. The maximum Gasteiger partial charge on any atom is 0.0561 e. The molecule has 9 rings (SSSR count). The van der Waals surface area contributed by atoms with Crippen molar-refractivity contribution in [1.29, 1.82) is 0 Å². The number of para-hydroxylation sites is 2. The molecule has 0 aliphatic rings. The van der Waals surface area contributed by atoms with Crippen molar-refractivity contribution in [3.05, 3.63) is 193 Å². The highest BCUT2D eigenvalue weighted by atomic mass is 15.2. The van der Waals surface area contributed by atoms with E-state index < -0.39 is 0 Å². The van der Waals surface area contributed by atoms with Gasteiger partial charge in [-0.1, -0.05) is 142 Å². The lowest BCUT2D eigenvalue weighted by molar-refractivity contribution is 0.590. The topological polar surface area (TPSA) is 6.48 Å². The van der Waals surface area contributed by atoms with E-state index in [2.05, 4.69) is 219 Å². The average Bonchev–Trinajstić information content (AvgIpc) is 3.19. The summed E-state index contributed by atoms with van der Waals surface area (Å²) in [4.78, 5) is 4.87. The predicted octanol–water partition coefficient (Wildman–Crippen LogP) is 14.8. The Labute approximate surface area is 312 Å². The Hall–Kier alpha value is -6.38. The summed E-state index contributed by atoms with van der Waals surface area (Å²) in [6.45, 7) is 8.97. The van der Waals surface area contributed by atoms with Crippen molar-refractivity contribution < 1.29 is 0 Å². The predicted molar refractivity (Wildman–Crippen MR) is 228 cm³/mol. The van der Waals surface area contributed by atoms with Crippen LogP contribution in [0.5, 0.6) is 0 Å². The van der Waals surface area contributed by atoms with E-state index in [1.54, 1.807) is 0 Å². The van der Waals surface area contributed by atoms with Crippen LogP contribution in [0.3, 0.4) is 0 Å². The third kappa shape index (κ3) is 5.87. The van der Waals surface area contributed by atoms with Gasteiger partial charge in [0.2, 0.25) is 0 Å². The Balaban J connectivity index is 1.40. The molecule has 2 heteroatoms. The van der Waals surface area contributed by atoms with Crippen LogP contribution in [0, 0.1) is 6.92 Å². The molecule has 2 nitrogen and oxygen atoms in total. The van der Waals surface area contributed by atoms with E-state index in [0.717, 1.165) is 34.1 Å². The van der Waals surface area contributed by atoms with Crippen LogP contribution in [-0.4, -0.2) is 0 Å². The Morgan fingerprint density at radius 3 is 1.28 bits per heavy atom. The van der Waals surface area contributed by atoms with Gasteiger partial charge >= 0.3 is 0 Å². The van der Waals surface area contributed by atoms with Crippen LogP contribution in [0.25, 0.3) is 43.4 Å². The minimum Gasteiger partial charge on any atom is -0.310 e. The van der Waals surface area contributed by atoms with Crippen molar-refractivity contribution >= 4 is 66.4 Å². The molecule has 0 heterocycles. The van der Waals surface area contributed by atoms with E-state index in [1.165, 1.54) is 54.6 Å². The fourth-order valence-corrected chi connectivity index (χ4v) is 7.86. The number of rotatable bonds is 7. The normalized spacial score (nSPS) is 11.8. The van der Waals surface area contributed by atoms with E-state index in [9.17, 15) is 0 Å². The molecule has 9 aromatic carbocycles. The molecule has 256 valence electrons. The molecule has 0 N–H and O–H groups in total. The van der Waals surface area contributed by atoms with Gasteiger partial charge in [-0.2, -0.15) is 0 Å². The van der Waals surface area contributed by atoms with Gasteiger partial charge in [-0.15, -0.1) is 0 Å². The van der Waals surface area contributed by atoms with E-state index in [1.807, 2.05) is 0 Å². The van der Waals surface area contributed by atoms with Crippen LogP contribution in [0.2, 0.25) is 0 Å². The number of benzene rings is 9. The first-order chi connectivity index (χ1) is 25.8. The molecule has 53 heavy (non-hydrogen) atoms. The summed E-state index contributed by atoms with van der Waals surface area (Å²) in [6, 6.07) is 66.8. The van der Waals surface area contributed by atoms with E-state index in [0.29, 0.717) is 0 Å². The van der Waals surface area contributed by atoms with Gasteiger partial charge in [-0.3, -0.25) is 0 Å². The van der Waals surface area contributed by atoms with Crippen LogP contribution in [0.4, 0.5) is 34.1 Å². The zero-order valence-corrected chi connectivity index (χ0v) is 30.7. The van der Waals surface area contributed by atoms with Gasteiger partial charge in [-0.05, 0) is 112 Å². The molecule has 0 radical (unpaired) electrons. The first-order valence-electron chi connectivity index (χ1n) is 18.5. The second-order valence-electron chi connectivity index (χ2n) is 15.2. The summed E-state index contributed by atoms with van der Waals surface area (Å²) < 4.78 is 0. The van der Waals surface area contributed by atoms with Crippen molar-refractivity contribution in [2.24, 2.45) is 0 Å². The number of hydrogen-bond donors (Lipinski definition) is 0. The van der Waals surface area contributed by atoms with E-state index in [4.69, 9.17) is 0 Å². The fourth-order valence-electron chi connectivity index (χ4n) is 7.86. The Bertz CT molecular complexity index is 2650. The van der Waals surface area contributed by atoms with Gasteiger partial charge in [0.05, 0.1) is 11.4 Å². The van der Waals surface area contributed by atoms with Crippen LogP contribution >= 0.6 is 0 Å². The number of hydrogen-bond acceptors (Lipinski definition) is 2. The monoisotopic (exact) mass is 682 g/mol. The zero-order chi connectivity index (χ0) is 36.1. The number of anilines is 6. The standard InChI is InChI=1S/C51H42N2/c1-35-20-26-43(27-21-35)52(41-16-10-6-11-17-41)47-34-48(53(42-18-12-7-13-19-42)44-28-24-40(25-29-44)51(2,3)4)46-31-23-38-33-39(36-14-8-5-9-15-36)32-37-22-30-45(47)50(46)49(37)38/h5-34H,1-4H3. The van der Waals surface area contributed by atoms with Gasteiger partial charge in [0.1, 0.15) is 0 Å². The van der Waals surface area contributed by atoms with Crippen molar-refractivity contribution in [2.45, 2.75) is 33.1 Å². The minimum absolute atomic E-state index is 0.0547. The summed E-state index contributed by atoms with van der Waals surface area (Å²) in [5.41, 5.74) is 11.8. The second kappa shape index (κ2) is 13.0.